The number of hydrogen-bond acceptors (Lipinski definition) is 2. The number of carbonyl (C=O) groups is 1. The Kier molecular flexibility index (Phi) is 5.90. The Hall–Kier alpha value is -0.790. The molecule has 2 nitrogen and oxygen atoms in total. The summed E-state index contributed by atoms with van der Waals surface area (Å²) in [7, 11) is 0. The molecule has 1 aliphatic rings. The van der Waals surface area contributed by atoms with Gasteiger partial charge in [-0.1, -0.05) is 47.0 Å². The molecule has 1 rings (SSSR count). The summed E-state index contributed by atoms with van der Waals surface area (Å²) in [5.74, 6) is 1.02. The molecule has 0 spiro atoms. The van der Waals surface area contributed by atoms with Gasteiger partial charge >= 0.3 is 0 Å². The summed E-state index contributed by atoms with van der Waals surface area (Å²) >= 11 is 0. The molecule has 0 aromatic carbocycles. The highest BCUT2D eigenvalue weighted by Gasteiger charge is 2.27. The van der Waals surface area contributed by atoms with Gasteiger partial charge in [0.05, 0.1) is 0 Å². The lowest BCUT2D eigenvalue weighted by Gasteiger charge is -2.30. The lowest BCUT2D eigenvalue weighted by molar-refractivity contribution is -0.117. The third-order valence-electron chi connectivity index (χ3n) is 3.82. The van der Waals surface area contributed by atoms with Gasteiger partial charge in [-0.15, -0.1) is 0 Å². The minimum absolute atomic E-state index is 0.124. The van der Waals surface area contributed by atoms with Crippen molar-refractivity contribution in [2.24, 2.45) is 11.3 Å². The summed E-state index contributed by atoms with van der Waals surface area (Å²) < 4.78 is 0. The van der Waals surface area contributed by atoms with E-state index in [9.17, 15) is 4.79 Å². The summed E-state index contributed by atoms with van der Waals surface area (Å²) in [4.78, 5) is 11.7. The molecule has 0 bridgehead atoms. The van der Waals surface area contributed by atoms with Crippen LogP contribution in [0.2, 0.25) is 0 Å². The molecule has 0 radical (unpaired) electrons. The Morgan fingerprint density at radius 2 is 2.06 bits per heavy atom. The molecule has 0 amide bonds. The summed E-state index contributed by atoms with van der Waals surface area (Å²) in [5.41, 5.74) is 1.27. The van der Waals surface area contributed by atoms with Crippen LogP contribution in [0.25, 0.3) is 0 Å². The smallest absolute Gasteiger partial charge is 0.157 e. The predicted octanol–water partition coefficient (Wildman–Crippen LogP) is 4.07. The maximum Gasteiger partial charge on any atom is 0.157 e. The second kappa shape index (κ2) is 6.96. The van der Waals surface area contributed by atoms with E-state index in [-0.39, 0.29) is 11.2 Å². The van der Waals surface area contributed by atoms with Crippen molar-refractivity contribution in [3.63, 3.8) is 0 Å². The van der Waals surface area contributed by atoms with Gasteiger partial charge < -0.3 is 5.32 Å². The van der Waals surface area contributed by atoms with Crippen molar-refractivity contribution < 1.29 is 4.79 Å². The largest absolute Gasteiger partial charge is 0.388 e. The molecule has 0 aromatic rings. The lowest BCUT2D eigenvalue weighted by Crippen LogP contribution is -2.30. The highest BCUT2D eigenvalue weighted by Crippen LogP contribution is 2.32. The Bertz CT molecular complexity index is 304. The lowest BCUT2D eigenvalue weighted by atomic mass is 9.79. The molecule has 0 unspecified atom stereocenters. The first-order valence-corrected chi connectivity index (χ1v) is 7.44. The van der Waals surface area contributed by atoms with E-state index in [0.717, 1.165) is 24.6 Å². The Morgan fingerprint density at radius 1 is 1.33 bits per heavy atom. The number of unbranched alkanes of at least 4 members (excludes halogenated alkanes) is 1. The molecule has 2 heteroatoms. The summed E-state index contributed by atoms with van der Waals surface area (Å²) in [6.45, 7) is 9.87. The molecular formula is C16H29NO. The monoisotopic (exact) mass is 251 g/mol. The van der Waals surface area contributed by atoms with Gasteiger partial charge in [0, 0.05) is 24.7 Å². The number of hydrogen-bond donors (Lipinski definition) is 1. The van der Waals surface area contributed by atoms with Gasteiger partial charge in [-0.2, -0.15) is 0 Å². The zero-order chi connectivity index (χ0) is 13.6. The van der Waals surface area contributed by atoms with Gasteiger partial charge in [-0.05, 0) is 24.2 Å². The first-order chi connectivity index (χ1) is 8.46. The molecule has 0 saturated carbocycles. The van der Waals surface area contributed by atoms with E-state index >= 15 is 0 Å². The molecule has 1 aliphatic carbocycles. The fourth-order valence-electron chi connectivity index (χ4n) is 2.68. The van der Waals surface area contributed by atoms with Crippen LogP contribution < -0.4 is 5.32 Å². The van der Waals surface area contributed by atoms with Gasteiger partial charge in [0.15, 0.2) is 5.78 Å². The molecule has 1 atom stereocenters. The Labute approximate surface area is 112 Å². The van der Waals surface area contributed by atoms with Crippen LogP contribution in [0.3, 0.4) is 0 Å². The van der Waals surface area contributed by atoms with E-state index in [2.05, 4.69) is 33.0 Å². The maximum absolute atomic E-state index is 11.7. The number of rotatable bonds is 7. The van der Waals surface area contributed by atoms with E-state index in [1.54, 1.807) is 0 Å². The molecule has 104 valence electrons. The average molecular weight is 251 g/mol. The van der Waals surface area contributed by atoms with Crippen LogP contribution in [0.4, 0.5) is 0 Å². The fourth-order valence-corrected chi connectivity index (χ4v) is 2.68. The average Bonchev–Trinajstić information content (AvgIpc) is 2.26. The third-order valence-corrected chi connectivity index (χ3v) is 3.82. The highest BCUT2D eigenvalue weighted by molar-refractivity contribution is 5.91. The van der Waals surface area contributed by atoms with Crippen molar-refractivity contribution >= 4 is 5.78 Å². The van der Waals surface area contributed by atoms with Crippen molar-refractivity contribution in [2.75, 3.05) is 6.54 Å². The number of allylic oxidation sites excluding steroid dienone is 2. The molecular weight excluding hydrogens is 222 g/mol. The maximum atomic E-state index is 11.7. The van der Waals surface area contributed by atoms with Gasteiger partial charge in [0.1, 0.15) is 0 Å². The first kappa shape index (κ1) is 15.3. The number of nitrogens with one attached hydrogen (secondary N) is 1. The van der Waals surface area contributed by atoms with Gasteiger partial charge in [0.2, 0.25) is 0 Å². The van der Waals surface area contributed by atoms with Crippen molar-refractivity contribution in [3.05, 3.63) is 11.8 Å². The fraction of sp³-hybridized carbons (Fsp3) is 0.812. The normalized spacial score (nSPS) is 20.4. The Balaban J connectivity index is 2.44. The third kappa shape index (κ3) is 5.24. The standard InChI is InChI=1S/C16H29NO/c1-5-7-8-13(6-2)12-17-14-9-15(18)11-16(3,4)10-14/h9,13,17H,5-8,10-12H2,1-4H3/t13-/m1/s1. The van der Waals surface area contributed by atoms with Crippen molar-refractivity contribution in [1.29, 1.82) is 0 Å². The summed E-state index contributed by atoms with van der Waals surface area (Å²) in [5, 5.41) is 3.51. The van der Waals surface area contributed by atoms with Crippen LogP contribution in [-0.2, 0) is 4.79 Å². The van der Waals surface area contributed by atoms with E-state index in [4.69, 9.17) is 0 Å². The van der Waals surface area contributed by atoms with E-state index in [1.165, 1.54) is 25.7 Å². The summed E-state index contributed by atoms with van der Waals surface area (Å²) in [6, 6.07) is 0. The van der Waals surface area contributed by atoms with Crippen molar-refractivity contribution in [2.45, 2.75) is 66.2 Å². The van der Waals surface area contributed by atoms with Crippen LogP contribution in [0.15, 0.2) is 11.8 Å². The van der Waals surface area contributed by atoms with E-state index in [0.29, 0.717) is 6.42 Å². The quantitative estimate of drug-likeness (QED) is 0.739. The molecule has 0 aliphatic heterocycles. The van der Waals surface area contributed by atoms with Gasteiger partial charge in [0.25, 0.3) is 0 Å². The zero-order valence-electron chi connectivity index (χ0n) is 12.5. The van der Waals surface area contributed by atoms with Crippen LogP contribution in [0.1, 0.15) is 66.2 Å². The molecule has 0 fully saturated rings. The molecule has 18 heavy (non-hydrogen) atoms. The van der Waals surface area contributed by atoms with Crippen molar-refractivity contribution in [1.82, 2.24) is 5.32 Å². The highest BCUT2D eigenvalue weighted by atomic mass is 16.1. The van der Waals surface area contributed by atoms with Gasteiger partial charge in [-0.3, -0.25) is 4.79 Å². The minimum Gasteiger partial charge on any atom is -0.388 e. The van der Waals surface area contributed by atoms with E-state index in [1.807, 2.05) is 6.08 Å². The Morgan fingerprint density at radius 3 is 2.61 bits per heavy atom. The number of ketones is 1. The number of carbonyl (C=O) groups excluding carboxylic acids is 1. The van der Waals surface area contributed by atoms with Crippen molar-refractivity contribution in [3.8, 4) is 0 Å². The van der Waals surface area contributed by atoms with Crippen LogP contribution in [0, 0.1) is 11.3 Å². The minimum atomic E-state index is 0.124. The summed E-state index contributed by atoms with van der Waals surface area (Å²) in [6.07, 6.45) is 8.60. The molecule has 0 heterocycles. The molecule has 0 saturated heterocycles. The first-order valence-electron chi connectivity index (χ1n) is 7.44. The topological polar surface area (TPSA) is 29.1 Å². The predicted molar refractivity (Wildman–Crippen MR) is 77.4 cm³/mol. The zero-order valence-corrected chi connectivity index (χ0v) is 12.5. The van der Waals surface area contributed by atoms with Crippen LogP contribution in [0.5, 0.6) is 0 Å². The molecule has 0 aromatic heterocycles. The SMILES string of the molecule is CCCC[C@@H](CC)CNC1=CC(=O)CC(C)(C)C1. The molecule has 1 N–H and O–H groups in total. The second-order valence-corrected chi connectivity index (χ2v) is 6.45. The van der Waals surface area contributed by atoms with Crippen LogP contribution >= 0.6 is 0 Å². The second-order valence-electron chi connectivity index (χ2n) is 6.45. The van der Waals surface area contributed by atoms with Crippen LogP contribution in [-0.4, -0.2) is 12.3 Å². The van der Waals surface area contributed by atoms with Gasteiger partial charge in [-0.25, -0.2) is 0 Å². The van der Waals surface area contributed by atoms with E-state index < -0.39 is 0 Å².